The van der Waals surface area contributed by atoms with Crippen LogP contribution in [0.15, 0.2) is 146 Å². The molecule has 0 spiro atoms. The van der Waals surface area contributed by atoms with Crippen molar-refractivity contribution in [3.05, 3.63) is 191 Å². The number of sulfonamides is 2. The van der Waals surface area contributed by atoms with Gasteiger partial charge in [0.15, 0.2) is 0 Å². The Morgan fingerprint density at radius 1 is 0.465 bits per heavy atom. The number of rotatable bonds is 11. The van der Waals surface area contributed by atoms with E-state index < -0.39 is 49.2 Å². The number of halogens is 1. The number of aromatic amines is 4. The molecule has 5 aromatic heterocycles. The van der Waals surface area contributed by atoms with E-state index in [9.17, 15) is 33.9 Å². The maximum Gasteiger partial charge on any atom is 0.211 e. The van der Waals surface area contributed by atoms with Gasteiger partial charge in [0.05, 0.1) is 25.1 Å². The van der Waals surface area contributed by atoms with E-state index >= 15 is 0 Å². The van der Waals surface area contributed by atoms with E-state index in [4.69, 9.17) is 4.74 Å². The minimum absolute atomic E-state index is 0.248. The standard InChI is InChI=1S/C16H22N2OS.2C16H20N2OS.C15H18N2O3S.C14H17FN2O2S/c2*1-12-4-5-14-15(11-17-16(14)10-12)13-6-8-18(9-7-13)20(2,3)19;1-17-12-15(14-6-4-5-7-16(14)17)13-8-10-18(11-9-13)20(2,3)19;1-20-14-5-3-4-13-15(14)12(10-16-13)11-6-8-17(9-7-11)21(2,18)19;1-20(18,19)17-7-5-10(6-8-17)12-9-16-14-11(12)3-2-4-13(14)15/h4-5,10-11,13,17H,2,6-9H2,1,3H3;4-6,10-11,17H,2,7-9H2,1,3H3;4-8,12H,2,9-11H2,1,3H3;3-6,10,16H,7-9H2,1-2H3;2-4,9-10,16H,5-8H2,1H3. The summed E-state index contributed by atoms with van der Waals surface area (Å²) in [6.45, 7) is 11.0. The predicted octanol–water partition coefficient (Wildman–Crippen LogP) is 12.9. The smallest absolute Gasteiger partial charge is 0.211 e. The first-order chi connectivity index (χ1) is 47.8. The molecule has 15 rings (SSSR count). The van der Waals surface area contributed by atoms with Gasteiger partial charge in [-0.25, -0.2) is 38.4 Å². The van der Waals surface area contributed by atoms with Crippen molar-refractivity contribution in [1.29, 1.82) is 0 Å². The zero-order chi connectivity index (χ0) is 72.3. The highest BCUT2D eigenvalue weighted by Crippen LogP contribution is 2.39. The number of hydrogen-bond acceptors (Lipinski definition) is 8. The van der Waals surface area contributed by atoms with Crippen LogP contribution >= 0.6 is 0 Å². The third-order valence-electron chi connectivity index (χ3n) is 20.1. The second-order valence-electron chi connectivity index (χ2n) is 27.6. The van der Waals surface area contributed by atoms with Crippen molar-refractivity contribution in [3.8, 4) is 5.75 Å². The van der Waals surface area contributed by atoms with Crippen LogP contribution < -0.4 is 4.74 Å². The predicted molar refractivity (Wildman–Crippen MR) is 425 cm³/mol. The van der Waals surface area contributed by atoms with Gasteiger partial charge in [-0.15, -0.1) is 0 Å². The molecule has 10 aromatic rings. The molecular weight excluding hydrogens is 1370 g/mol. The molecule has 0 aliphatic carbocycles. The lowest BCUT2D eigenvalue weighted by atomic mass is 9.90. The van der Waals surface area contributed by atoms with Gasteiger partial charge in [-0.05, 0) is 164 Å². The van der Waals surface area contributed by atoms with E-state index in [2.05, 4.69) is 154 Å². The lowest BCUT2D eigenvalue weighted by molar-refractivity contribution is 0.322. The molecule has 3 atom stereocenters. The molecule has 5 aliphatic heterocycles. The first-order valence-electron chi connectivity index (χ1n) is 34.1. The Labute approximate surface area is 596 Å². The van der Waals surface area contributed by atoms with E-state index in [1.54, 1.807) is 31.9 Å². The summed E-state index contributed by atoms with van der Waals surface area (Å²) in [6.07, 6.45) is 30.5. The van der Waals surface area contributed by atoms with Crippen molar-refractivity contribution in [2.45, 2.75) is 70.6 Å². The van der Waals surface area contributed by atoms with E-state index in [0.717, 1.165) is 110 Å². The number of piperidine rings is 2. The molecule has 3 unspecified atom stereocenters. The van der Waals surface area contributed by atoms with Gasteiger partial charge < -0.3 is 29.2 Å². The number of aromatic nitrogens is 5. The molecule has 4 N–H and O–H groups in total. The average Bonchev–Trinajstić information content (AvgIpc) is 1.69. The van der Waals surface area contributed by atoms with Crippen LogP contribution in [0.25, 0.3) is 71.2 Å². The topological polar surface area (TPSA) is 213 Å². The van der Waals surface area contributed by atoms with Gasteiger partial charge in [0.2, 0.25) is 20.0 Å². The van der Waals surface area contributed by atoms with Gasteiger partial charge in [-0.2, -0.15) is 4.31 Å². The molecule has 101 heavy (non-hydrogen) atoms. The number of benzene rings is 5. The molecule has 2 fully saturated rings. The minimum atomic E-state index is -3.12. The number of methoxy groups -OCH3 is 1. The molecule has 5 aromatic carbocycles. The Kier molecular flexibility index (Phi) is 22.8. The first kappa shape index (κ1) is 74.7. The number of aryl methyl sites for hydroxylation is 3. The van der Waals surface area contributed by atoms with Crippen LogP contribution in [0.2, 0.25) is 0 Å². The molecule has 10 heterocycles. The zero-order valence-corrected chi connectivity index (χ0v) is 63.6. The summed E-state index contributed by atoms with van der Waals surface area (Å²) >= 11 is 0. The fraction of sp³-hybridized carbons (Fsp3) is 0.364. The molecule has 0 saturated carbocycles. The van der Waals surface area contributed by atoms with Crippen molar-refractivity contribution >= 4 is 138 Å². The maximum atomic E-state index is 13.7. The lowest BCUT2D eigenvalue weighted by Crippen LogP contribution is -2.37. The Hall–Kier alpha value is -7.49. The van der Waals surface area contributed by atoms with E-state index in [0.29, 0.717) is 50.6 Å². The fourth-order valence-corrected chi connectivity index (χ4v) is 18.9. The number of hydrogen-bond donors (Lipinski definition) is 4. The van der Waals surface area contributed by atoms with Crippen LogP contribution in [0.4, 0.5) is 4.39 Å². The Balaban J connectivity index is 0.000000127. The highest BCUT2D eigenvalue weighted by atomic mass is 32.2. The van der Waals surface area contributed by atoms with Crippen LogP contribution in [-0.2, 0) is 56.2 Å². The van der Waals surface area contributed by atoms with Crippen molar-refractivity contribution in [2.24, 2.45) is 7.05 Å². The quantitative estimate of drug-likeness (QED) is 0.0912. The summed E-state index contributed by atoms with van der Waals surface area (Å²) in [4.78, 5) is 13.0. The molecular formula is C77H97FN10O8S5. The SMILES string of the molecule is C=S(C)(=O)N1CC=C(c2c[nH]c3cc(C)ccc23)CC1.C=S(C)(=O)N1CC=C(c2cn(C)c3ccccc23)CC1.C=S(C)(=O)N1CCC(c2c[nH]c3cc(C)ccc23)CC1.COc1cccc2[nH]cc(C3=CCN(S(C)(=O)=O)CC3)c12.CS(=O)(=O)N1CCC(c2c[nH]c3c(F)cccc23)CC1. The number of para-hydroxylation sites is 2. The van der Waals surface area contributed by atoms with Crippen LogP contribution in [0.3, 0.4) is 0 Å². The first-order valence-corrected chi connectivity index (χ1v) is 44.1. The van der Waals surface area contributed by atoms with Gasteiger partial charge in [0, 0.05) is 217 Å². The molecule has 0 bridgehead atoms. The van der Waals surface area contributed by atoms with Crippen LogP contribution in [0.5, 0.6) is 5.75 Å². The third kappa shape index (κ3) is 17.6. The van der Waals surface area contributed by atoms with Crippen LogP contribution in [0.1, 0.15) is 95.7 Å². The summed E-state index contributed by atoms with van der Waals surface area (Å²) in [7, 11) is -8.69. The number of fused-ring (bicyclic) bond motifs is 5. The van der Waals surface area contributed by atoms with E-state index in [1.165, 1.54) is 98.9 Å². The number of nitrogens with zero attached hydrogens (tertiary/aromatic N) is 6. The highest BCUT2D eigenvalue weighted by Gasteiger charge is 2.29. The van der Waals surface area contributed by atoms with Gasteiger partial charge in [0.25, 0.3) is 0 Å². The lowest BCUT2D eigenvalue weighted by Gasteiger charge is -2.32. The number of H-pyrrole nitrogens is 4. The summed E-state index contributed by atoms with van der Waals surface area (Å²) in [5.41, 5.74) is 17.8. The van der Waals surface area contributed by atoms with Gasteiger partial charge in [-0.1, -0.05) is 78.9 Å². The van der Waals surface area contributed by atoms with Crippen molar-refractivity contribution < 1.29 is 38.6 Å². The third-order valence-corrected chi connectivity index (χ3v) is 27.0. The fourth-order valence-electron chi connectivity index (χ4n) is 14.5. The molecule has 24 heteroatoms. The highest BCUT2D eigenvalue weighted by molar-refractivity contribution is 7.98. The van der Waals surface area contributed by atoms with Gasteiger partial charge in [0.1, 0.15) is 11.6 Å². The van der Waals surface area contributed by atoms with Crippen molar-refractivity contribution in [3.63, 3.8) is 0 Å². The molecule has 5 aliphatic rings. The normalized spacial score (nSPS) is 19.2. The van der Waals surface area contributed by atoms with Crippen LogP contribution in [-0.4, -0.2) is 197 Å². The summed E-state index contributed by atoms with van der Waals surface area (Å²) < 4.78 is 112. The number of ether oxygens (including phenoxy) is 1. The Morgan fingerprint density at radius 3 is 1.49 bits per heavy atom. The molecule has 18 nitrogen and oxygen atoms in total. The maximum absolute atomic E-state index is 13.7. The molecule has 0 amide bonds. The summed E-state index contributed by atoms with van der Waals surface area (Å²) in [5.74, 6) is 12.7. The summed E-state index contributed by atoms with van der Waals surface area (Å²) in [5, 5.41) is 5.85. The Morgan fingerprint density at radius 2 is 0.931 bits per heavy atom. The van der Waals surface area contributed by atoms with E-state index in [1.807, 2.05) is 55.7 Å². The van der Waals surface area contributed by atoms with Crippen molar-refractivity contribution in [1.82, 2.24) is 46.0 Å². The van der Waals surface area contributed by atoms with E-state index in [-0.39, 0.29) is 11.7 Å². The van der Waals surface area contributed by atoms with Gasteiger partial charge >= 0.3 is 0 Å². The Bertz CT molecular complexity index is 5380. The van der Waals surface area contributed by atoms with Crippen LogP contribution in [0, 0.1) is 19.7 Å². The second kappa shape index (κ2) is 30.8. The number of nitrogens with one attached hydrogen (secondary N) is 4. The van der Waals surface area contributed by atoms with Crippen molar-refractivity contribution in [2.75, 3.05) is 104 Å². The zero-order valence-electron chi connectivity index (χ0n) is 59.5. The molecule has 540 valence electrons. The summed E-state index contributed by atoms with van der Waals surface area (Å²) in [6, 6.07) is 32.5. The average molecular weight is 1470 g/mol. The molecule has 0 radical (unpaired) electrons. The van der Waals surface area contributed by atoms with Gasteiger partial charge in [-0.3, -0.25) is 12.6 Å². The largest absolute Gasteiger partial charge is 0.496 e. The second-order valence-corrected chi connectivity index (χ2v) is 38.8. The monoisotopic (exact) mass is 1470 g/mol. The molecule has 2 saturated heterocycles. The minimum Gasteiger partial charge on any atom is -0.496 e.